The number of fused-ring (bicyclic) bond motifs is 5. The molecule has 0 radical (unpaired) electrons. The molecule has 0 aliphatic heterocycles. The topological polar surface area (TPSA) is 130 Å². The number of amides is 1. The van der Waals surface area contributed by atoms with E-state index >= 15 is 0 Å². The third kappa shape index (κ3) is 12.9. The Morgan fingerprint density at radius 1 is 0.778 bits per heavy atom. The second-order valence-corrected chi connectivity index (χ2v) is 20.6. The van der Waals surface area contributed by atoms with E-state index in [2.05, 4.69) is 33.0 Å². The summed E-state index contributed by atoms with van der Waals surface area (Å²) in [4.78, 5) is 25.3. The van der Waals surface area contributed by atoms with Gasteiger partial charge in [0.25, 0.3) is 10.1 Å². The van der Waals surface area contributed by atoms with Crippen LogP contribution in [0.25, 0.3) is 0 Å². The molecule has 4 saturated carbocycles. The van der Waals surface area contributed by atoms with Crippen LogP contribution >= 0.6 is 0 Å². The van der Waals surface area contributed by atoms with Crippen molar-refractivity contribution in [1.29, 1.82) is 0 Å². The highest BCUT2D eigenvalue weighted by Crippen LogP contribution is 2.68. The zero-order chi connectivity index (χ0) is 39.2. The number of rotatable bonds is 25. The molecule has 0 saturated heterocycles. The number of hydrogen-bond acceptors (Lipinski definition) is 6. The first-order valence-corrected chi connectivity index (χ1v) is 24.5. The number of carbonyl (C=O) groups excluding carboxylic acids is 2. The Balaban J connectivity index is 1.11. The van der Waals surface area contributed by atoms with Gasteiger partial charge in [0.1, 0.15) is 6.10 Å². The fourth-order valence-electron chi connectivity index (χ4n) is 12.3. The first-order chi connectivity index (χ1) is 25.8. The molecular formula is C45H81NO7S. The molecule has 54 heavy (non-hydrogen) atoms. The Morgan fingerprint density at radius 3 is 1.96 bits per heavy atom. The average molecular weight is 780 g/mol. The van der Waals surface area contributed by atoms with Crippen LogP contribution in [-0.4, -0.2) is 54.5 Å². The van der Waals surface area contributed by atoms with Crippen molar-refractivity contribution in [1.82, 2.24) is 5.32 Å². The monoisotopic (exact) mass is 780 g/mol. The number of hydrogen-bond donors (Lipinski definition) is 3. The molecule has 10 atom stereocenters. The van der Waals surface area contributed by atoms with Gasteiger partial charge < -0.3 is 15.2 Å². The summed E-state index contributed by atoms with van der Waals surface area (Å²) in [5.41, 5.74) is 0.0104. The summed E-state index contributed by atoms with van der Waals surface area (Å²) in [6.45, 7) is 9.21. The van der Waals surface area contributed by atoms with Crippen LogP contribution in [0.5, 0.6) is 0 Å². The van der Waals surface area contributed by atoms with E-state index in [9.17, 15) is 23.1 Å². The van der Waals surface area contributed by atoms with Crippen molar-refractivity contribution in [3.63, 3.8) is 0 Å². The van der Waals surface area contributed by atoms with Crippen LogP contribution < -0.4 is 5.32 Å². The molecule has 4 aliphatic rings. The Labute approximate surface area is 330 Å². The van der Waals surface area contributed by atoms with Gasteiger partial charge in [0, 0.05) is 19.4 Å². The molecule has 0 aromatic heterocycles. The molecule has 4 aliphatic carbocycles. The fraction of sp³-hybridized carbons (Fsp3) is 0.956. The van der Waals surface area contributed by atoms with Crippen LogP contribution in [0.15, 0.2) is 0 Å². The Kier molecular flexibility index (Phi) is 18.6. The highest BCUT2D eigenvalue weighted by molar-refractivity contribution is 7.85. The van der Waals surface area contributed by atoms with E-state index in [1.807, 2.05) is 0 Å². The molecule has 9 heteroatoms. The van der Waals surface area contributed by atoms with Gasteiger partial charge in [0.15, 0.2) is 0 Å². The van der Waals surface area contributed by atoms with Crippen LogP contribution in [0.4, 0.5) is 0 Å². The molecule has 314 valence electrons. The van der Waals surface area contributed by atoms with Crippen molar-refractivity contribution in [2.45, 2.75) is 213 Å². The van der Waals surface area contributed by atoms with Crippen molar-refractivity contribution >= 4 is 22.0 Å². The maximum Gasteiger partial charge on any atom is 0.306 e. The van der Waals surface area contributed by atoms with Gasteiger partial charge in [-0.05, 0) is 111 Å². The van der Waals surface area contributed by atoms with Crippen molar-refractivity contribution in [2.75, 3.05) is 12.3 Å². The molecule has 0 aromatic rings. The van der Waals surface area contributed by atoms with Crippen LogP contribution in [0.3, 0.4) is 0 Å². The lowest BCUT2D eigenvalue weighted by Gasteiger charge is -2.62. The molecule has 8 nitrogen and oxygen atoms in total. The Morgan fingerprint density at radius 2 is 1.37 bits per heavy atom. The standard InChI is InChI=1S/C45H81NO7S/c1-5-6-7-8-9-10-11-12-13-14-15-16-17-18-19-20-21-43(49)53-36-28-29-44(3)35(32-36)23-24-37-39-26-25-38(45(39,4)41(47)33-40(37)44)34(2)22-27-42(48)46-30-31-54(50,51)52/h34-41,47H,5-33H2,1-4H3,(H,46,48)(H,50,51,52). The van der Waals surface area contributed by atoms with E-state index < -0.39 is 15.9 Å². The molecule has 4 rings (SSSR count). The van der Waals surface area contributed by atoms with Gasteiger partial charge in [-0.1, -0.05) is 124 Å². The van der Waals surface area contributed by atoms with Gasteiger partial charge in [0.05, 0.1) is 11.9 Å². The number of aliphatic hydroxyl groups excluding tert-OH is 1. The molecule has 0 spiro atoms. The molecule has 4 fully saturated rings. The van der Waals surface area contributed by atoms with Crippen molar-refractivity contribution in [2.24, 2.45) is 46.3 Å². The minimum absolute atomic E-state index is 0.00629. The van der Waals surface area contributed by atoms with Gasteiger partial charge >= 0.3 is 5.97 Å². The lowest BCUT2D eigenvalue weighted by Crippen LogP contribution is -2.59. The van der Waals surface area contributed by atoms with Gasteiger partial charge in [-0.3, -0.25) is 14.1 Å². The second-order valence-electron chi connectivity index (χ2n) is 19.0. The summed E-state index contributed by atoms with van der Waals surface area (Å²) in [7, 11) is -4.10. The molecule has 10 unspecified atom stereocenters. The number of nitrogens with one attached hydrogen (secondary N) is 1. The zero-order valence-electron chi connectivity index (χ0n) is 35.0. The first-order valence-electron chi connectivity index (χ1n) is 22.9. The highest BCUT2D eigenvalue weighted by atomic mass is 32.2. The average Bonchev–Trinajstić information content (AvgIpc) is 3.49. The van der Waals surface area contributed by atoms with Crippen LogP contribution in [0.1, 0.15) is 201 Å². The van der Waals surface area contributed by atoms with E-state index in [0.29, 0.717) is 48.9 Å². The summed E-state index contributed by atoms with van der Waals surface area (Å²) < 4.78 is 37.0. The largest absolute Gasteiger partial charge is 0.462 e. The van der Waals surface area contributed by atoms with Crippen LogP contribution in [0, 0.1) is 46.3 Å². The van der Waals surface area contributed by atoms with Crippen molar-refractivity contribution in [3.05, 3.63) is 0 Å². The smallest absolute Gasteiger partial charge is 0.306 e. The maximum absolute atomic E-state index is 12.9. The van der Waals surface area contributed by atoms with Gasteiger partial charge in [-0.2, -0.15) is 8.42 Å². The van der Waals surface area contributed by atoms with Gasteiger partial charge in [-0.15, -0.1) is 0 Å². The Bertz CT molecular complexity index is 1240. The number of carbonyl (C=O) groups is 2. The van der Waals surface area contributed by atoms with E-state index in [1.165, 1.54) is 103 Å². The molecular weight excluding hydrogens is 699 g/mol. The van der Waals surface area contributed by atoms with Crippen molar-refractivity contribution < 1.29 is 32.4 Å². The first kappa shape index (κ1) is 45.5. The van der Waals surface area contributed by atoms with E-state index in [4.69, 9.17) is 9.29 Å². The van der Waals surface area contributed by atoms with Crippen LogP contribution in [0.2, 0.25) is 0 Å². The summed E-state index contributed by atoms with van der Waals surface area (Å²) in [6.07, 6.45) is 30.9. The van der Waals surface area contributed by atoms with Crippen molar-refractivity contribution in [3.8, 4) is 0 Å². The maximum atomic E-state index is 12.9. The number of unbranched alkanes of at least 4 members (excludes halogenated alkanes) is 15. The van der Waals surface area contributed by atoms with Gasteiger partial charge in [-0.25, -0.2) is 0 Å². The third-order valence-corrected chi connectivity index (χ3v) is 16.2. The Hall–Kier alpha value is -1.19. The lowest BCUT2D eigenvalue weighted by molar-refractivity contribution is -0.181. The van der Waals surface area contributed by atoms with E-state index in [1.54, 1.807) is 0 Å². The second kappa shape index (κ2) is 22.1. The van der Waals surface area contributed by atoms with E-state index in [-0.39, 0.29) is 47.4 Å². The quantitative estimate of drug-likeness (QED) is 0.0478. The normalized spacial score (nSPS) is 32.7. The summed E-state index contributed by atoms with van der Waals surface area (Å²) >= 11 is 0. The molecule has 1 amide bonds. The fourth-order valence-corrected chi connectivity index (χ4v) is 12.6. The molecule has 0 heterocycles. The molecule has 3 N–H and O–H groups in total. The SMILES string of the molecule is CCCCCCCCCCCCCCCCCCC(=O)OC1CCC2(C)C(CCC3C2CC(O)C2(C)C(C(C)CCC(=O)NCCS(=O)(=O)O)CCC32)C1. The number of esters is 1. The summed E-state index contributed by atoms with van der Waals surface area (Å²) in [5, 5.41) is 14.6. The van der Waals surface area contributed by atoms with Gasteiger partial charge in [0.2, 0.25) is 5.91 Å². The third-order valence-electron chi connectivity index (χ3n) is 15.5. The summed E-state index contributed by atoms with van der Waals surface area (Å²) in [6, 6.07) is 0. The predicted molar refractivity (Wildman–Crippen MR) is 218 cm³/mol. The predicted octanol–water partition coefficient (Wildman–Crippen LogP) is 10.6. The van der Waals surface area contributed by atoms with E-state index in [0.717, 1.165) is 51.4 Å². The minimum Gasteiger partial charge on any atom is -0.462 e. The number of aliphatic hydroxyl groups is 1. The zero-order valence-corrected chi connectivity index (χ0v) is 35.8. The van der Waals surface area contributed by atoms with Crippen LogP contribution in [-0.2, 0) is 24.4 Å². The summed E-state index contributed by atoms with van der Waals surface area (Å²) in [5.74, 6) is 2.06. The highest BCUT2D eigenvalue weighted by Gasteiger charge is 2.63. The minimum atomic E-state index is -4.10. The molecule has 0 aromatic carbocycles. The number of ether oxygens (including phenoxy) is 1. The molecule has 0 bridgehead atoms. The lowest BCUT2D eigenvalue weighted by atomic mass is 9.43.